The molecule has 2 fully saturated rings. The summed E-state index contributed by atoms with van der Waals surface area (Å²) in [6, 6.07) is 6.33. The van der Waals surface area contributed by atoms with Gasteiger partial charge in [0.1, 0.15) is 5.82 Å². The summed E-state index contributed by atoms with van der Waals surface area (Å²) in [7, 11) is 1.78. The quantitative estimate of drug-likeness (QED) is 0.775. The molecule has 0 unspecified atom stereocenters. The van der Waals surface area contributed by atoms with Crippen molar-refractivity contribution in [2.45, 2.75) is 72.1 Å². The third-order valence-electron chi connectivity index (χ3n) is 6.09. The van der Waals surface area contributed by atoms with Gasteiger partial charge >= 0.3 is 7.12 Å². The first-order valence-electron chi connectivity index (χ1n) is 10.3. The standard InChI is InChI=1S/C19H28BN3O2.C2H6/c1-18(2)19(3,4)25-20(24-18)14-8-9-15-16(12-14)22(5)17(21-15)13-23-10-6-7-11-23;1-2/h8-9,12H,6-7,10-11,13H2,1-5H3;1-2H3. The van der Waals surface area contributed by atoms with Crippen LogP contribution in [0.15, 0.2) is 18.2 Å². The topological polar surface area (TPSA) is 39.5 Å². The van der Waals surface area contributed by atoms with E-state index in [-0.39, 0.29) is 18.3 Å². The number of hydrogen-bond acceptors (Lipinski definition) is 4. The van der Waals surface area contributed by atoms with Crippen LogP contribution in [-0.2, 0) is 22.9 Å². The molecule has 0 atom stereocenters. The van der Waals surface area contributed by atoms with Gasteiger partial charge in [-0.2, -0.15) is 0 Å². The minimum absolute atomic E-state index is 0.319. The van der Waals surface area contributed by atoms with Gasteiger partial charge in [-0.25, -0.2) is 4.98 Å². The minimum Gasteiger partial charge on any atom is -0.399 e. The van der Waals surface area contributed by atoms with Crippen LogP contribution < -0.4 is 5.46 Å². The fourth-order valence-corrected chi connectivity index (χ4v) is 3.66. The summed E-state index contributed by atoms with van der Waals surface area (Å²) in [6.45, 7) is 15.6. The predicted molar refractivity (Wildman–Crippen MR) is 112 cm³/mol. The molecule has 2 aromatic rings. The normalized spacial score (nSPS) is 21.5. The molecule has 2 aliphatic heterocycles. The molecule has 1 aromatic carbocycles. The minimum atomic E-state index is -0.327. The summed E-state index contributed by atoms with van der Waals surface area (Å²) in [6.07, 6.45) is 2.60. The van der Waals surface area contributed by atoms with Crippen molar-refractivity contribution in [3.8, 4) is 0 Å². The average Bonchev–Trinajstić information content (AvgIpc) is 3.29. The first kappa shape index (κ1) is 20.4. The monoisotopic (exact) mass is 371 g/mol. The van der Waals surface area contributed by atoms with E-state index in [4.69, 9.17) is 14.3 Å². The molecule has 148 valence electrons. The molecular formula is C21H34BN3O2. The second-order valence-electron chi connectivity index (χ2n) is 8.41. The molecule has 0 spiro atoms. The lowest BCUT2D eigenvalue weighted by atomic mass is 9.79. The van der Waals surface area contributed by atoms with Crippen LogP contribution in [-0.4, -0.2) is 45.9 Å². The van der Waals surface area contributed by atoms with Gasteiger partial charge in [-0.05, 0) is 71.2 Å². The van der Waals surface area contributed by atoms with Crippen LogP contribution >= 0.6 is 0 Å². The van der Waals surface area contributed by atoms with Gasteiger partial charge in [0.15, 0.2) is 0 Å². The van der Waals surface area contributed by atoms with Crippen LogP contribution in [0.5, 0.6) is 0 Å². The zero-order valence-corrected chi connectivity index (χ0v) is 18.0. The second kappa shape index (κ2) is 7.57. The molecule has 0 saturated carbocycles. The maximum absolute atomic E-state index is 6.19. The molecule has 1 aromatic heterocycles. The highest BCUT2D eigenvalue weighted by molar-refractivity contribution is 6.62. The lowest BCUT2D eigenvalue weighted by molar-refractivity contribution is 0.00578. The Morgan fingerprint density at radius 2 is 1.63 bits per heavy atom. The number of likely N-dealkylation sites (tertiary alicyclic amines) is 1. The molecule has 0 aliphatic carbocycles. The van der Waals surface area contributed by atoms with Crippen molar-refractivity contribution in [1.82, 2.24) is 14.5 Å². The third-order valence-corrected chi connectivity index (χ3v) is 6.09. The zero-order chi connectivity index (χ0) is 19.8. The summed E-state index contributed by atoms with van der Waals surface area (Å²) in [5.41, 5.74) is 2.60. The van der Waals surface area contributed by atoms with Crippen LogP contribution in [0.3, 0.4) is 0 Å². The summed E-state index contributed by atoms with van der Waals surface area (Å²) in [5, 5.41) is 0. The summed E-state index contributed by atoms with van der Waals surface area (Å²) in [5.74, 6) is 1.13. The van der Waals surface area contributed by atoms with E-state index in [0.29, 0.717) is 0 Å². The van der Waals surface area contributed by atoms with Gasteiger partial charge in [0, 0.05) is 7.05 Å². The maximum Gasteiger partial charge on any atom is 0.494 e. The Kier molecular flexibility index (Phi) is 5.71. The van der Waals surface area contributed by atoms with E-state index in [1.54, 1.807) is 0 Å². The first-order chi connectivity index (χ1) is 12.8. The highest BCUT2D eigenvalue weighted by atomic mass is 16.7. The van der Waals surface area contributed by atoms with Crippen LogP contribution in [0.25, 0.3) is 11.0 Å². The first-order valence-corrected chi connectivity index (χ1v) is 10.3. The van der Waals surface area contributed by atoms with Crippen molar-refractivity contribution in [2.75, 3.05) is 13.1 Å². The lowest BCUT2D eigenvalue weighted by Gasteiger charge is -2.32. The molecule has 2 saturated heterocycles. The van der Waals surface area contributed by atoms with E-state index >= 15 is 0 Å². The Labute approximate surface area is 164 Å². The van der Waals surface area contributed by atoms with Gasteiger partial charge in [0.25, 0.3) is 0 Å². The van der Waals surface area contributed by atoms with Crippen molar-refractivity contribution in [1.29, 1.82) is 0 Å². The lowest BCUT2D eigenvalue weighted by Crippen LogP contribution is -2.41. The molecule has 0 amide bonds. The number of imidazole rings is 1. The number of nitrogens with zero attached hydrogens (tertiary/aromatic N) is 3. The van der Waals surface area contributed by atoms with Gasteiger partial charge in [-0.3, -0.25) is 4.90 Å². The summed E-state index contributed by atoms with van der Waals surface area (Å²) >= 11 is 0. The van der Waals surface area contributed by atoms with Crippen molar-refractivity contribution in [2.24, 2.45) is 7.05 Å². The van der Waals surface area contributed by atoms with E-state index in [1.807, 2.05) is 13.8 Å². The Morgan fingerprint density at radius 1 is 1.04 bits per heavy atom. The molecule has 6 heteroatoms. The number of aromatic nitrogens is 2. The van der Waals surface area contributed by atoms with E-state index in [9.17, 15) is 0 Å². The average molecular weight is 371 g/mol. The molecular weight excluding hydrogens is 337 g/mol. The van der Waals surface area contributed by atoms with E-state index in [0.717, 1.165) is 28.9 Å². The van der Waals surface area contributed by atoms with Crippen molar-refractivity contribution in [3.63, 3.8) is 0 Å². The molecule has 0 bridgehead atoms. The highest BCUT2D eigenvalue weighted by Crippen LogP contribution is 2.36. The molecule has 4 rings (SSSR count). The Morgan fingerprint density at radius 3 is 2.22 bits per heavy atom. The molecule has 27 heavy (non-hydrogen) atoms. The molecule has 5 nitrogen and oxygen atoms in total. The SMILES string of the molecule is CC.Cn1c(CN2CCCC2)nc2ccc(B3OC(C)(C)C(C)(C)O3)cc21. The molecule has 0 radical (unpaired) electrons. The van der Waals surface area contributed by atoms with Crippen molar-refractivity contribution in [3.05, 3.63) is 24.0 Å². The fourth-order valence-electron chi connectivity index (χ4n) is 3.66. The fraction of sp³-hybridized carbons (Fsp3) is 0.667. The summed E-state index contributed by atoms with van der Waals surface area (Å²) < 4.78 is 14.6. The van der Waals surface area contributed by atoms with Gasteiger partial charge in [-0.1, -0.05) is 19.9 Å². The Balaban J connectivity index is 0.00000102. The van der Waals surface area contributed by atoms with Gasteiger partial charge < -0.3 is 13.9 Å². The molecule has 3 heterocycles. The van der Waals surface area contributed by atoms with Crippen molar-refractivity contribution < 1.29 is 9.31 Å². The Hall–Kier alpha value is -1.37. The maximum atomic E-state index is 6.19. The number of rotatable bonds is 3. The summed E-state index contributed by atoms with van der Waals surface area (Å²) in [4.78, 5) is 7.32. The number of hydrogen-bond donors (Lipinski definition) is 0. The smallest absolute Gasteiger partial charge is 0.399 e. The third kappa shape index (κ3) is 3.80. The molecule has 0 N–H and O–H groups in total. The van der Waals surface area contributed by atoms with E-state index in [1.165, 1.54) is 25.9 Å². The van der Waals surface area contributed by atoms with Crippen molar-refractivity contribution >= 4 is 23.6 Å². The van der Waals surface area contributed by atoms with E-state index < -0.39 is 0 Å². The number of fused-ring (bicyclic) bond motifs is 1. The van der Waals surface area contributed by atoms with Crippen LogP contribution in [0.1, 0.15) is 60.2 Å². The number of aryl methyl sites for hydroxylation is 1. The van der Waals surface area contributed by atoms with Crippen LogP contribution in [0.2, 0.25) is 0 Å². The number of benzene rings is 1. The largest absolute Gasteiger partial charge is 0.494 e. The zero-order valence-electron chi connectivity index (χ0n) is 18.0. The Bertz CT molecular complexity index is 778. The van der Waals surface area contributed by atoms with Gasteiger partial charge in [0.2, 0.25) is 0 Å². The van der Waals surface area contributed by atoms with E-state index in [2.05, 4.69) is 62.4 Å². The van der Waals surface area contributed by atoms with Crippen LogP contribution in [0.4, 0.5) is 0 Å². The predicted octanol–water partition coefficient (Wildman–Crippen LogP) is 3.49. The van der Waals surface area contributed by atoms with Gasteiger partial charge in [-0.15, -0.1) is 0 Å². The highest BCUT2D eigenvalue weighted by Gasteiger charge is 2.51. The van der Waals surface area contributed by atoms with Crippen LogP contribution in [0, 0.1) is 0 Å². The second-order valence-corrected chi connectivity index (χ2v) is 8.41. The van der Waals surface area contributed by atoms with Gasteiger partial charge in [0.05, 0.1) is 28.8 Å². The molecule has 2 aliphatic rings.